The number of hydrogen-bond acceptors (Lipinski definition) is 4. The molecular formula is C12H19NO4. The molecule has 1 heterocycles. The molecule has 1 aromatic heterocycles. The summed E-state index contributed by atoms with van der Waals surface area (Å²) in [6.07, 6.45) is 0.0202. The Bertz CT molecular complexity index is 353. The zero-order valence-electron chi connectivity index (χ0n) is 10.6. The predicted octanol–water partition coefficient (Wildman–Crippen LogP) is 2.23. The number of carbonyl (C=O) groups is 1. The summed E-state index contributed by atoms with van der Waals surface area (Å²) in [5.41, 5.74) is -0.556. The van der Waals surface area contributed by atoms with Crippen LogP contribution in [0.3, 0.4) is 0 Å². The third-order valence-corrected chi connectivity index (χ3v) is 2.05. The highest BCUT2D eigenvalue weighted by atomic mass is 16.6. The highest BCUT2D eigenvalue weighted by molar-refractivity contribution is 5.68. The Morgan fingerprint density at radius 3 is 2.65 bits per heavy atom. The Morgan fingerprint density at radius 2 is 2.18 bits per heavy atom. The molecule has 1 amide bonds. The van der Waals surface area contributed by atoms with Gasteiger partial charge in [-0.25, -0.2) is 4.79 Å². The molecule has 1 aromatic rings. The van der Waals surface area contributed by atoms with Crippen LogP contribution < -0.4 is 5.32 Å². The second-order valence-corrected chi connectivity index (χ2v) is 4.90. The second kappa shape index (κ2) is 5.23. The summed E-state index contributed by atoms with van der Waals surface area (Å²) in [6.45, 7) is 7.01. The SMILES string of the molecule is C[C@@H](NC(=O)OC(C)(C)C)[C@@H](O)c1ccco1. The first-order valence-corrected chi connectivity index (χ1v) is 5.50. The van der Waals surface area contributed by atoms with E-state index in [1.54, 1.807) is 39.8 Å². The van der Waals surface area contributed by atoms with Gasteiger partial charge >= 0.3 is 6.09 Å². The van der Waals surface area contributed by atoms with Crippen molar-refractivity contribution >= 4 is 6.09 Å². The third kappa shape index (κ3) is 4.48. The van der Waals surface area contributed by atoms with Crippen molar-refractivity contribution in [1.29, 1.82) is 0 Å². The van der Waals surface area contributed by atoms with E-state index < -0.39 is 23.8 Å². The predicted molar refractivity (Wildman–Crippen MR) is 62.5 cm³/mol. The molecule has 17 heavy (non-hydrogen) atoms. The first-order valence-electron chi connectivity index (χ1n) is 5.50. The molecule has 5 nitrogen and oxygen atoms in total. The normalized spacial score (nSPS) is 15.1. The van der Waals surface area contributed by atoms with E-state index in [4.69, 9.17) is 9.15 Å². The minimum absolute atomic E-state index is 0.411. The molecule has 2 N–H and O–H groups in total. The maximum Gasteiger partial charge on any atom is 0.407 e. The van der Waals surface area contributed by atoms with Gasteiger partial charge in [0, 0.05) is 0 Å². The summed E-state index contributed by atoms with van der Waals surface area (Å²) >= 11 is 0. The Balaban J connectivity index is 2.49. The van der Waals surface area contributed by atoms with Crippen molar-refractivity contribution in [3.05, 3.63) is 24.2 Å². The molecule has 0 saturated carbocycles. The van der Waals surface area contributed by atoms with Crippen LogP contribution in [-0.2, 0) is 4.74 Å². The van der Waals surface area contributed by atoms with Gasteiger partial charge in [0.1, 0.15) is 17.5 Å². The summed E-state index contributed by atoms with van der Waals surface area (Å²) in [5.74, 6) is 0.411. The van der Waals surface area contributed by atoms with E-state index in [2.05, 4.69) is 5.32 Å². The van der Waals surface area contributed by atoms with E-state index in [0.29, 0.717) is 5.76 Å². The van der Waals surface area contributed by atoms with E-state index in [9.17, 15) is 9.90 Å². The number of rotatable bonds is 3. The molecule has 0 unspecified atom stereocenters. The molecule has 2 atom stereocenters. The number of nitrogens with one attached hydrogen (secondary N) is 1. The van der Waals surface area contributed by atoms with Gasteiger partial charge in [0.05, 0.1) is 12.3 Å². The van der Waals surface area contributed by atoms with Crippen molar-refractivity contribution in [3.8, 4) is 0 Å². The molecule has 5 heteroatoms. The van der Waals surface area contributed by atoms with E-state index in [0.717, 1.165) is 0 Å². The van der Waals surface area contributed by atoms with Crippen LogP contribution in [0.4, 0.5) is 4.79 Å². The average molecular weight is 241 g/mol. The van der Waals surface area contributed by atoms with Crippen LogP contribution in [0.25, 0.3) is 0 Å². The number of furan rings is 1. The minimum Gasteiger partial charge on any atom is -0.467 e. The topological polar surface area (TPSA) is 71.7 Å². The lowest BCUT2D eigenvalue weighted by Gasteiger charge is -2.23. The van der Waals surface area contributed by atoms with Gasteiger partial charge in [-0.1, -0.05) is 0 Å². The molecule has 0 spiro atoms. The van der Waals surface area contributed by atoms with E-state index >= 15 is 0 Å². The van der Waals surface area contributed by atoms with Crippen LogP contribution >= 0.6 is 0 Å². The number of aliphatic hydroxyl groups is 1. The molecule has 0 aromatic carbocycles. The van der Waals surface area contributed by atoms with Gasteiger partial charge in [-0.15, -0.1) is 0 Å². The number of ether oxygens (including phenoxy) is 1. The number of hydrogen-bond donors (Lipinski definition) is 2. The summed E-state index contributed by atoms with van der Waals surface area (Å²) < 4.78 is 10.1. The zero-order valence-corrected chi connectivity index (χ0v) is 10.6. The quantitative estimate of drug-likeness (QED) is 0.851. The van der Waals surface area contributed by atoms with E-state index in [-0.39, 0.29) is 0 Å². The monoisotopic (exact) mass is 241 g/mol. The average Bonchev–Trinajstić information content (AvgIpc) is 2.65. The Morgan fingerprint density at radius 1 is 1.53 bits per heavy atom. The zero-order chi connectivity index (χ0) is 13.1. The van der Waals surface area contributed by atoms with Crippen LogP contribution in [0.15, 0.2) is 22.8 Å². The summed E-state index contributed by atoms with van der Waals surface area (Å²) in [7, 11) is 0. The van der Waals surface area contributed by atoms with Crippen molar-refractivity contribution in [1.82, 2.24) is 5.32 Å². The molecule has 0 bridgehead atoms. The molecule has 0 fully saturated rings. The van der Waals surface area contributed by atoms with Crippen molar-refractivity contribution in [2.75, 3.05) is 0 Å². The van der Waals surface area contributed by atoms with E-state index in [1.807, 2.05) is 0 Å². The number of carbonyl (C=O) groups excluding carboxylic acids is 1. The minimum atomic E-state index is -0.891. The van der Waals surface area contributed by atoms with Crippen LogP contribution in [0.1, 0.15) is 39.6 Å². The van der Waals surface area contributed by atoms with Crippen LogP contribution in [0.5, 0.6) is 0 Å². The fourth-order valence-corrected chi connectivity index (χ4v) is 1.28. The lowest BCUT2D eigenvalue weighted by atomic mass is 10.1. The van der Waals surface area contributed by atoms with Crippen molar-refractivity contribution in [2.24, 2.45) is 0 Å². The van der Waals surface area contributed by atoms with E-state index in [1.165, 1.54) is 6.26 Å². The highest BCUT2D eigenvalue weighted by Crippen LogP contribution is 2.17. The van der Waals surface area contributed by atoms with Gasteiger partial charge in [0.15, 0.2) is 0 Å². The van der Waals surface area contributed by atoms with Crippen LogP contribution in [0, 0.1) is 0 Å². The molecule has 0 aliphatic heterocycles. The number of aliphatic hydroxyl groups excluding tert-OH is 1. The van der Waals surface area contributed by atoms with Gasteiger partial charge < -0.3 is 19.6 Å². The van der Waals surface area contributed by atoms with Crippen molar-refractivity contribution in [3.63, 3.8) is 0 Å². The summed E-state index contributed by atoms with van der Waals surface area (Å²) in [4.78, 5) is 11.5. The molecule has 0 radical (unpaired) electrons. The number of alkyl carbamates (subject to hydrolysis) is 1. The van der Waals surface area contributed by atoms with Crippen LogP contribution in [-0.4, -0.2) is 22.8 Å². The maximum atomic E-state index is 11.5. The Labute approximate surface area is 101 Å². The van der Waals surface area contributed by atoms with Crippen molar-refractivity contribution < 1.29 is 19.1 Å². The Hall–Kier alpha value is -1.49. The molecule has 96 valence electrons. The second-order valence-electron chi connectivity index (χ2n) is 4.90. The summed E-state index contributed by atoms with van der Waals surface area (Å²) in [6, 6.07) is 2.84. The maximum absolute atomic E-state index is 11.5. The highest BCUT2D eigenvalue weighted by Gasteiger charge is 2.23. The lowest BCUT2D eigenvalue weighted by molar-refractivity contribution is 0.0415. The van der Waals surface area contributed by atoms with Gasteiger partial charge in [0.2, 0.25) is 0 Å². The molecular weight excluding hydrogens is 222 g/mol. The van der Waals surface area contributed by atoms with Gasteiger partial charge in [-0.05, 0) is 39.8 Å². The first kappa shape index (κ1) is 13.6. The first-order chi connectivity index (χ1) is 7.79. The van der Waals surface area contributed by atoms with Crippen LogP contribution in [0.2, 0.25) is 0 Å². The molecule has 0 aliphatic rings. The van der Waals surface area contributed by atoms with Crippen molar-refractivity contribution in [2.45, 2.75) is 45.4 Å². The fourth-order valence-electron chi connectivity index (χ4n) is 1.28. The standard InChI is InChI=1S/C12H19NO4/c1-8(10(14)9-6-5-7-16-9)13-11(15)17-12(2,3)4/h5-8,10,14H,1-4H3,(H,13,15)/t8-,10-/m1/s1. The third-order valence-electron chi connectivity index (χ3n) is 2.05. The number of amides is 1. The summed E-state index contributed by atoms with van der Waals surface area (Å²) in [5, 5.41) is 12.4. The van der Waals surface area contributed by atoms with Gasteiger partial charge in [-0.2, -0.15) is 0 Å². The Kier molecular flexibility index (Phi) is 4.17. The lowest BCUT2D eigenvalue weighted by Crippen LogP contribution is -2.40. The molecule has 0 saturated heterocycles. The smallest absolute Gasteiger partial charge is 0.407 e. The molecule has 0 aliphatic carbocycles. The largest absolute Gasteiger partial charge is 0.467 e. The van der Waals surface area contributed by atoms with Gasteiger partial charge in [0.25, 0.3) is 0 Å². The molecule has 1 rings (SSSR count). The van der Waals surface area contributed by atoms with Gasteiger partial charge in [-0.3, -0.25) is 0 Å². The fraction of sp³-hybridized carbons (Fsp3) is 0.583.